The summed E-state index contributed by atoms with van der Waals surface area (Å²) in [6, 6.07) is 0. The number of hydrogen-bond donors (Lipinski definition) is 0. The molecule has 2 rings (SSSR count). The number of esters is 1. The van der Waals surface area contributed by atoms with Crippen molar-refractivity contribution in [3.05, 3.63) is 12.3 Å². The van der Waals surface area contributed by atoms with Gasteiger partial charge in [-0.1, -0.05) is 15.9 Å². The second-order valence-corrected chi connectivity index (χ2v) is 4.74. The lowest BCUT2D eigenvalue weighted by Crippen LogP contribution is -2.32. The van der Waals surface area contributed by atoms with Crippen LogP contribution in [0.4, 0.5) is 0 Å². The fourth-order valence-electron chi connectivity index (χ4n) is 1.95. The first-order valence-corrected chi connectivity index (χ1v) is 5.20. The summed E-state index contributed by atoms with van der Waals surface area (Å²) in [7, 11) is 0. The van der Waals surface area contributed by atoms with Crippen molar-refractivity contribution < 1.29 is 9.53 Å². The predicted molar refractivity (Wildman–Crippen MR) is 48.8 cm³/mol. The molecule has 2 aliphatic rings. The summed E-state index contributed by atoms with van der Waals surface area (Å²) in [6.45, 7) is 0. The van der Waals surface area contributed by atoms with Crippen LogP contribution in [0.25, 0.3) is 0 Å². The predicted octanol–water partition coefficient (Wildman–Crippen LogP) is 2.24. The Bertz CT molecular complexity index is 225. The third-order valence-electron chi connectivity index (χ3n) is 2.65. The third kappa shape index (κ3) is 1.42. The average Bonchev–Trinajstić information content (AvgIpc) is 2.04. The van der Waals surface area contributed by atoms with Crippen molar-refractivity contribution in [3.8, 4) is 0 Å². The summed E-state index contributed by atoms with van der Waals surface area (Å²) in [6.07, 6.45) is 6.66. The smallest absolute Gasteiger partial charge is 0.314 e. The van der Waals surface area contributed by atoms with E-state index in [1.165, 1.54) is 6.26 Å². The molecule has 0 bridgehead atoms. The van der Waals surface area contributed by atoms with Gasteiger partial charge >= 0.3 is 5.97 Å². The van der Waals surface area contributed by atoms with Gasteiger partial charge in [-0.25, -0.2) is 0 Å². The number of hydrogen-bond acceptors (Lipinski definition) is 2. The minimum absolute atomic E-state index is 0.0399. The maximum absolute atomic E-state index is 11.2. The van der Waals surface area contributed by atoms with Gasteiger partial charge in [0.2, 0.25) is 0 Å². The van der Waals surface area contributed by atoms with Crippen molar-refractivity contribution in [1.82, 2.24) is 0 Å². The Labute approximate surface area is 80.1 Å². The highest BCUT2D eigenvalue weighted by atomic mass is 79.9. The molecule has 1 fully saturated rings. The molecule has 0 saturated heterocycles. The molecule has 0 amide bonds. The maximum atomic E-state index is 11.2. The summed E-state index contributed by atoms with van der Waals surface area (Å²) < 4.78 is 4.85. The Hall–Kier alpha value is -0.310. The molecule has 0 spiro atoms. The number of carbonyl (C=O) groups is 1. The van der Waals surface area contributed by atoms with Crippen LogP contribution in [0.2, 0.25) is 0 Å². The zero-order valence-corrected chi connectivity index (χ0v) is 8.29. The van der Waals surface area contributed by atoms with E-state index >= 15 is 0 Å². The summed E-state index contributed by atoms with van der Waals surface area (Å²) in [4.78, 5) is 11.8. The standard InChI is InChI=1S/C9H11BrO2/c10-7-1-2-8-6(5-7)3-4-12-9(8)11/h3-4,6-8H,1-2,5H2. The van der Waals surface area contributed by atoms with Crippen LogP contribution < -0.4 is 0 Å². The molecular weight excluding hydrogens is 220 g/mol. The third-order valence-corrected chi connectivity index (χ3v) is 3.48. The summed E-state index contributed by atoms with van der Waals surface area (Å²) >= 11 is 3.58. The van der Waals surface area contributed by atoms with Crippen LogP contribution in [0.15, 0.2) is 12.3 Å². The fraction of sp³-hybridized carbons (Fsp3) is 0.667. The zero-order valence-electron chi connectivity index (χ0n) is 6.70. The average molecular weight is 231 g/mol. The molecule has 1 aliphatic heterocycles. The molecular formula is C9H11BrO2. The first kappa shape index (κ1) is 8.30. The van der Waals surface area contributed by atoms with E-state index in [0.717, 1.165) is 19.3 Å². The lowest BCUT2D eigenvalue weighted by Gasteiger charge is -2.32. The molecule has 12 heavy (non-hydrogen) atoms. The molecule has 1 saturated carbocycles. The lowest BCUT2D eigenvalue weighted by molar-refractivity contribution is -0.146. The molecule has 2 nitrogen and oxygen atoms in total. The van der Waals surface area contributed by atoms with E-state index in [-0.39, 0.29) is 11.9 Å². The van der Waals surface area contributed by atoms with Crippen LogP contribution in [-0.2, 0) is 9.53 Å². The van der Waals surface area contributed by atoms with Gasteiger partial charge in [-0.2, -0.15) is 0 Å². The van der Waals surface area contributed by atoms with Crippen LogP contribution in [0.3, 0.4) is 0 Å². The molecule has 0 N–H and O–H groups in total. The van der Waals surface area contributed by atoms with Crippen LogP contribution in [0.1, 0.15) is 19.3 Å². The van der Waals surface area contributed by atoms with E-state index < -0.39 is 0 Å². The van der Waals surface area contributed by atoms with Gasteiger partial charge in [-0.3, -0.25) is 4.79 Å². The number of allylic oxidation sites excluding steroid dienone is 1. The molecule has 3 heteroatoms. The van der Waals surface area contributed by atoms with Crippen LogP contribution >= 0.6 is 15.9 Å². The van der Waals surface area contributed by atoms with Crippen LogP contribution in [-0.4, -0.2) is 10.8 Å². The summed E-state index contributed by atoms with van der Waals surface area (Å²) in [5, 5.41) is 0. The van der Waals surface area contributed by atoms with Crippen molar-refractivity contribution >= 4 is 21.9 Å². The molecule has 0 radical (unpaired) electrons. The molecule has 0 aromatic carbocycles. The van der Waals surface area contributed by atoms with E-state index in [4.69, 9.17) is 4.74 Å². The van der Waals surface area contributed by atoms with Crippen molar-refractivity contribution in [2.75, 3.05) is 0 Å². The normalized spacial score (nSPS) is 40.4. The van der Waals surface area contributed by atoms with Crippen molar-refractivity contribution in [2.45, 2.75) is 24.1 Å². The van der Waals surface area contributed by atoms with Crippen molar-refractivity contribution in [3.63, 3.8) is 0 Å². The first-order chi connectivity index (χ1) is 5.77. The number of ether oxygens (including phenoxy) is 1. The molecule has 1 aliphatic carbocycles. The molecule has 1 heterocycles. The minimum atomic E-state index is -0.0399. The number of halogens is 1. The maximum Gasteiger partial charge on any atom is 0.314 e. The number of rotatable bonds is 0. The minimum Gasteiger partial charge on any atom is -0.435 e. The molecule has 0 aromatic heterocycles. The molecule has 66 valence electrons. The van der Waals surface area contributed by atoms with Crippen LogP contribution in [0.5, 0.6) is 0 Å². The van der Waals surface area contributed by atoms with Gasteiger partial charge in [-0.05, 0) is 31.3 Å². The largest absolute Gasteiger partial charge is 0.435 e. The quantitative estimate of drug-likeness (QED) is 0.472. The topological polar surface area (TPSA) is 26.3 Å². The molecule has 0 aromatic rings. The van der Waals surface area contributed by atoms with Gasteiger partial charge in [0.15, 0.2) is 0 Å². The van der Waals surface area contributed by atoms with Gasteiger partial charge < -0.3 is 4.74 Å². The number of fused-ring (bicyclic) bond motifs is 1. The van der Waals surface area contributed by atoms with E-state index in [1.54, 1.807) is 0 Å². The van der Waals surface area contributed by atoms with Crippen molar-refractivity contribution in [1.29, 1.82) is 0 Å². The van der Waals surface area contributed by atoms with E-state index in [0.29, 0.717) is 10.7 Å². The van der Waals surface area contributed by atoms with Crippen LogP contribution in [0, 0.1) is 11.8 Å². The number of alkyl halides is 1. The van der Waals surface area contributed by atoms with E-state index in [1.807, 2.05) is 6.08 Å². The van der Waals surface area contributed by atoms with E-state index in [9.17, 15) is 4.79 Å². The van der Waals surface area contributed by atoms with Gasteiger partial charge in [0, 0.05) is 4.83 Å². The first-order valence-electron chi connectivity index (χ1n) is 4.28. The highest BCUT2D eigenvalue weighted by Crippen LogP contribution is 2.37. The fourth-order valence-corrected chi connectivity index (χ4v) is 2.65. The Morgan fingerprint density at radius 1 is 1.50 bits per heavy atom. The van der Waals surface area contributed by atoms with Crippen molar-refractivity contribution in [2.24, 2.45) is 11.8 Å². The summed E-state index contributed by atoms with van der Waals surface area (Å²) in [5.41, 5.74) is 0. The summed E-state index contributed by atoms with van der Waals surface area (Å²) in [5.74, 6) is 0.495. The number of cyclic esters (lactones) is 1. The zero-order chi connectivity index (χ0) is 8.55. The second-order valence-electron chi connectivity index (χ2n) is 3.45. The molecule has 3 atom stereocenters. The molecule has 3 unspecified atom stereocenters. The Morgan fingerprint density at radius 2 is 2.33 bits per heavy atom. The Morgan fingerprint density at radius 3 is 3.17 bits per heavy atom. The highest BCUT2D eigenvalue weighted by molar-refractivity contribution is 9.09. The highest BCUT2D eigenvalue weighted by Gasteiger charge is 2.35. The van der Waals surface area contributed by atoms with Gasteiger partial charge in [0.1, 0.15) is 0 Å². The van der Waals surface area contributed by atoms with Gasteiger partial charge in [0.05, 0.1) is 12.2 Å². The SMILES string of the molecule is O=C1OC=CC2CC(Br)CCC12. The Kier molecular flexibility index (Phi) is 2.22. The van der Waals surface area contributed by atoms with Gasteiger partial charge in [0.25, 0.3) is 0 Å². The lowest BCUT2D eigenvalue weighted by atomic mass is 9.78. The Balaban J connectivity index is 2.13. The monoisotopic (exact) mass is 230 g/mol. The number of carbonyl (C=O) groups excluding carboxylic acids is 1. The van der Waals surface area contributed by atoms with E-state index in [2.05, 4.69) is 15.9 Å². The van der Waals surface area contributed by atoms with Gasteiger partial charge in [-0.15, -0.1) is 0 Å². The second kappa shape index (κ2) is 3.21.